The summed E-state index contributed by atoms with van der Waals surface area (Å²) < 4.78 is 9.04. The zero-order chi connectivity index (χ0) is 7.28. The highest BCUT2D eigenvalue weighted by Gasteiger charge is 2.10. The number of rotatable bonds is 3. The summed E-state index contributed by atoms with van der Waals surface area (Å²) in [6, 6.07) is 0. The Morgan fingerprint density at radius 3 is 2.67 bits per heavy atom. The van der Waals surface area contributed by atoms with Crippen molar-refractivity contribution in [3.05, 3.63) is 12.8 Å². The lowest BCUT2D eigenvalue weighted by Crippen LogP contribution is -2.19. The molecule has 0 bridgehead atoms. The van der Waals surface area contributed by atoms with Gasteiger partial charge >= 0.3 is 5.97 Å². The molecular weight excluding hydrogens is 120 g/mol. The third-order valence-electron chi connectivity index (χ3n) is 0.833. The quantitative estimate of drug-likeness (QED) is 0.417. The van der Waals surface area contributed by atoms with Crippen LogP contribution < -0.4 is 0 Å². The summed E-state index contributed by atoms with van der Waals surface area (Å²) in [5, 5.41) is 0. The average molecular weight is 130 g/mol. The standard InChI is InChI=1S/C6H10O3/c1-4-9-5(2)6(7)8-3/h4-5H,1H2,2-3H3. The van der Waals surface area contributed by atoms with Crippen LogP contribution in [0.15, 0.2) is 12.8 Å². The zero-order valence-corrected chi connectivity index (χ0v) is 5.59. The fourth-order valence-corrected chi connectivity index (χ4v) is 0.366. The second-order valence-corrected chi connectivity index (χ2v) is 1.47. The van der Waals surface area contributed by atoms with Crippen molar-refractivity contribution in [3.63, 3.8) is 0 Å². The lowest BCUT2D eigenvalue weighted by atomic mass is 10.4. The van der Waals surface area contributed by atoms with Gasteiger partial charge in [0.05, 0.1) is 13.4 Å². The van der Waals surface area contributed by atoms with Gasteiger partial charge in [0.15, 0.2) is 6.10 Å². The molecule has 0 fully saturated rings. The normalized spacial score (nSPS) is 11.8. The first-order chi connectivity index (χ1) is 4.22. The van der Waals surface area contributed by atoms with Crippen LogP contribution in [0.3, 0.4) is 0 Å². The molecule has 1 atom stereocenters. The number of methoxy groups -OCH3 is 1. The van der Waals surface area contributed by atoms with E-state index in [2.05, 4.69) is 16.1 Å². The Kier molecular flexibility index (Phi) is 3.51. The van der Waals surface area contributed by atoms with Crippen molar-refractivity contribution in [2.75, 3.05) is 7.11 Å². The molecule has 9 heavy (non-hydrogen) atoms. The number of hydrogen-bond acceptors (Lipinski definition) is 3. The van der Waals surface area contributed by atoms with Gasteiger partial charge in [0.2, 0.25) is 0 Å². The first-order valence-corrected chi connectivity index (χ1v) is 2.56. The lowest BCUT2D eigenvalue weighted by molar-refractivity contribution is -0.149. The van der Waals surface area contributed by atoms with Crippen molar-refractivity contribution in [1.82, 2.24) is 0 Å². The first kappa shape index (κ1) is 8.01. The van der Waals surface area contributed by atoms with Gasteiger partial charge in [-0.25, -0.2) is 4.79 Å². The van der Waals surface area contributed by atoms with Crippen LogP contribution in [0.25, 0.3) is 0 Å². The number of carbonyl (C=O) groups is 1. The van der Waals surface area contributed by atoms with Gasteiger partial charge in [-0.3, -0.25) is 0 Å². The molecule has 1 unspecified atom stereocenters. The molecule has 0 saturated carbocycles. The largest absolute Gasteiger partial charge is 0.487 e. The van der Waals surface area contributed by atoms with E-state index in [1.807, 2.05) is 0 Å². The molecule has 0 aliphatic carbocycles. The number of carbonyl (C=O) groups excluding carboxylic acids is 1. The lowest BCUT2D eigenvalue weighted by Gasteiger charge is -2.06. The molecule has 3 nitrogen and oxygen atoms in total. The Labute approximate surface area is 54.3 Å². The maximum Gasteiger partial charge on any atom is 0.346 e. The van der Waals surface area contributed by atoms with Crippen LogP contribution in [0.5, 0.6) is 0 Å². The summed E-state index contributed by atoms with van der Waals surface area (Å²) in [5.41, 5.74) is 0. The monoisotopic (exact) mass is 130 g/mol. The van der Waals surface area contributed by atoms with Gasteiger partial charge in [0.25, 0.3) is 0 Å². The molecule has 0 saturated heterocycles. The highest BCUT2D eigenvalue weighted by atomic mass is 16.6. The van der Waals surface area contributed by atoms with E-state index in [1.54, 1.807) is 6.92 Å². The molecule has 0 aromatic heterocycles. The third-order valence-corrected chi connectivity index (χ3v) is 0.833. The summed E-state index contributed by atoms with van der Waals surface area (Å²) in [6.45, 7) is 4.88. The maximum atomic E-state index is 10.5. The first-order valence-electron chi connectivity index (χ1n) is 2.56. The van der Waals surface area contributed by atoms with Crippen LogP contribution in [0.4, 0.5) is 0 Å². The number of hydrogen-bond donors (Lipinski definition) is 0. The molecule has 0 aromatic rings. The topological polar surface area (TPSA) is 35.5 Å². The summed E-state index contributed by atoms with van der Waals surface area (Å²) >= 11 is 0. The fourth-order valence-electron chi connectivity index (χ4n) is 0.366. The van der Waals surface area contributed by atoms with Crippen LogP contribution in [-0.4, -0.2) is 19.2 Å². The van der Waals surface area contributed by atoms with Gasteiger partial charge in [-0.2, -0.15) is 0 Å². The predicted octanol–water partition coefficient (Wildman–Crippen LogP) is 0.708. The predicted molar refractivity (Wildman–Crippen MR) is 32.8 cm³/mol. The van der Waals surface area contributed by atoms with Crippen LogP contribution in [0.1, 0.15) is 6.92 Å². The van der Waals surface area contributed by atoms with E-state index in [4.69, 9.17) is 0 Å². The van der Waals surface area contributed by atoms with Gasteiger partial charge in [-0.05, 0) is 6.92 Å². The Balaban J connectivity index is 3.58. The van der Waals surface area contributed by atoms with Crippen molar-refractivity contribution >= 4 is 5.97 Å². The van der Waals surface area contributed by atoms with Crippen molar-refractivity contribution in [3.8, 4) is 0 Å². The third kappa shape index (κ3) is 2.74. The molecule has 0 aromatic carbocycles. The Hall–Kier alpha value is -0.990. The Bertz CT molecular complexity index is 109. The van der Waals surface area contributed by atoms with Gasteiger partial charge in [0, 0.05) is 0 Å². The van der Waals surface area contributed by atoms with E-state index in [0.29, 0.717) is 0 Å². The van der Waals surface area contributed by atoms with E-state index in [-0.39, 0.29) is 0 Å². The molecular formula is C6H10O3. The molecule has 0 aliphatic rings. The van der Waals surface area contributed by atoms with E-state index in [0.717, 1.165) is 0 Å². The van der Waals surface area contributed by atoms with E-state index in [9.17, 15) is 4.79 Å². The number of esters is 1. The van der Waals surface area contributed by atoms with E-state index >= 15 is 0 Å². The highest BCUT2D eigenvalue weighted by Crippen LogP contribution is 1.91. The Morgan fingerprint density at radius 2 is 2.33 bits per heavy atom. The molecule has 0 amide bonds. The second-order valence-electron chi connectivity index (χ2n) is 1.47. The second kappa shape index (κ2) is 3.95. The minimum atomic E-state index is -0.549. The van der Waals surface area contributed by atoms with Crippen LogP contribution in [-0.2, 0) is 14.3 Å². The molecule has 0 spiro atoms. The molecule has 52 valence electrons. The molecule has 0 N–H and O–H groups in total. The highest BCUT2D eigenvalue weighted by molar-refractivity contribution is 5.74. The maximum absolute atomic E-state index is 10.5. The molecule has 0 rings (SSSR count). The van der Waals surface area contributed by atoms with Crippen molar-refractivity contribution in [1.29, 1.82) is 0 Å². The van der Waals surface area contributed by atoms with Crippen molar-refractivity contribution < 1.29 is 14.3 Å². The minimum absolute atomic E-state index is 0.394. The zero-order valence-electron chi connectivity index (χ0n) is 5.59. The molecule has 0 aliphatic heterocycles. The molecule has 0 radical (unpaired) electrons. The smallest absolute Gasteiger partial charge is 0.346 e. The van der Waals surface area contributed by atoms with Crippen LogP contribution >= 0.6 is 0 Å². The van der Waals surface area contributed by atoms with Crippen LogP contribution in [0, 0.1) is 0 Å². The van der Waals surface area contributed by atoms with Crippen LogP contribution in [0.2, 0.25) is 0 Å². The van der Waals surface area contributed by atoms with Gasteiger partial charge in [0.1, 0.15) is 0 Å². The van der Waals surface area contributed by atoms with E-state index < -0.39 is 12.1 Å². The summed E-state index contributed by atoms with van der Waals surface area (Å²) in [4.78, 5) is 10.5. The fraction of sp³-hybridized carbons (Fsp3) is 0.500. The SMILES string of the molecule is C=COC(C)C(=O)OC. The minimum Gasteiger partial charge on any atom is -0.487 e. The average Bonchev–Trinajstić information content (AvgIpc) is 1.87. The van der Waals surface area contributed by atoms with Crippen molar-refractivity contribution in [2.24, 2.45) is 0 Å². The molecule has 0 heterocycles. The molecule has 3 heteroatoms. The Morgan fingerprint density at radius 1 is 1.78 bits per heavy atom. The van der Waals surface area contributed by atoms with Gasteiger partial charge < -0.3 is 9.47 Å². The number of ether oxygens (including phenoxy) is 2. The van der Waals surface area contributed by atoms with Gasteiger partial charge in [-0.15, -0.1) is 0 Å². The summed E-state index contributed by atoms with van der Waals surface area (Å²) in [7, 11) is 1.31. The summed E-state index contributed by atoms with van der Waals surface area (Å²) in [5.74, 6) is -0.394. The van der Waals surface area contributed by atoms with Gasteiger partial charge in [-0.1, -0.05) is 6.58 Å². The summed E-state index contributed by atoms with van der Waals surface area (Å²) in [6.07, 6.45) is 0.661. The van der Waals surface area contributed by atoms with Crippen molar-refractivity contribution in [2.45, 2.75) is 13.0 Å². The van der Waals surface area contributed by atoms with E-state index in [1.165, 1.54) is 13.4 Å².